The fourth-order valence-corrected chi connectivity index (χ4v) is 1.09. The molecule has 15 heavy (non-hydrogen) atoms. The molecular formula is C11H16N2O2. The van der Waals surface area contributed by atoms with Crippen LogP contribution in [0.5, 0.6) is 5.75 Å². The van der Waals surface area contributed by atoms with Gasteiger partial charge in [-0.2, -0.15) is 0 Å². The number of hydrogen-bond donors (Lipinski definition) is 3. The Hall–Kier alpha value is -1.55. The smallest absolute Gasteiger partial charge is 0.238 e. The zero-order valence-electron chi connectivity index (χ0n) is 8.95. The van der Waals surface area contributed by atoms with E-state index in [9.17, 15) is 9.90 Å². The molecule has 1 amide bonds. The topological polar surface area (TPSA) is 61.4 Å². The summed E-state index contributed by atoms with van der Waals surface area (Å²) in [5, 5.41) is 14.9. The van der Waals surface area contributed by atoms with E-state index in [0.29, 0.717) is 5.69 Å². The van der Waals surface area contributed by atoms with Crippen molar-refractivity contribution in [3.63, 3.8) is 0 Å². The molecule has 0 heterocycles. The van der Waals surface area contributed by atoms with E-state index in [2.05, 4.69) is 10.6 Å². The van der Waals surface area contributed by atoms with Crippen LogP contribution in [0.1, 0.15) is 13.8 Å². The number of aromatic hydroxyl groups is 1. The van der Waals surface area contributed by atoms with Gasteiger partial charge >= 0.3 is 0 Å². The van der Waals surface area contributed by atoms with Crippen LogP contribution in [0.15, 0.2) is 24.3 Å². The lowest BCUT2D eigenvalue weighted by Crippen LogP contribution is -2.32. The lowest BCUT2D eigenvalue weighted by Gasteiger charge is -2.08. The van der Waals surface area contributed by atoms with E-state index in [4.69, 9.17) is 0 Å². The van der Waals surface area contributed by atoms with Crippen molar-refractivity contribution < 1.29 is 9.90 Å². The molecule has 1 aromatic rings. The van der Waals surface area contributed by atoms with Crippen LogP contribution in [-0.2, 0) is 4.79 Å². The average molecular weight is 208 g/mol. The quantitative estimate of drug-likeness (QED) is 0.699. The number of benzene rings is 1. The summed E-state index contributed by atoms with van der Waals surface area (Å²) in [6.07, 6.45) is 0. The molecule has 0 fully saturated rings. The van der Waals surface area contributed by atoms with Crippen LogP contribution in [0, 0.1) is 0 Å². The van der Waals surface area contributed by atoms with Crippen molar-refractivity contribution in [2.24, 2.45) is 0 Å². The molecule has 0 saturated carbocycles. The lowest BCUT2D eigenvalue weighted by molar-refractivity contribution is -0.115. The van der Waals surface area contributed by atoms with Gasteiger partial charge in [0.25, 0.3) is 0 Å². The molecule has 3 N–H and O–H groups in total. The van der Waals surface area contributed by atoms with Gasteiger partial charge in [-0.05, 0) is 12.1 Å². The molecule has 82 valence electrons. The zero-order chi connectivity index (χ0) is 11.3. The Bertz CT molecular complexity index is 337. The van der Waals surface area contributed by atoms with Gasteiger partial charge in [0.15, 0.2) is 0 Å². The predicted octanol–water partition coefficient (Wildman–Crippen LogP) is 1.33. The normalized spacial score (nSPS) is 10.3. The van der Waals surface area contributed by atoms with E-state index >= 15 is 0 Å². The number of rotatable bonds is 4. The van der Waals surface area contributed by atoms with E-state index in [0.717, 1.165) is 0 Å². The Morgan fingerprint density at radius 2 is 2.20 bits per heavy atom. The minimum atomic E-state index is -0.116. The minimum Gasteiger partial charge on any atom is -0.508 e. The van der Waals surface area contributed by atoms with Crippen LogP contribution in [0.2, 0.25) is 0 Å². The third-order valence-corrected chi connectivity index (χ3v) is 1.80. The Morgan fingerprint density at radius 3 is 2.80 bits per heavy atom. The lowest BCUT2D eigenvalue weighted by atomic mass is 10.3. The van der Waals surface area contributed by atoms with Crippen molar-refractivity contribution in [2.45, 2.75) is 19.9 Å². The van der Waals surface area contributed by atoms with Gasteiger partial charge in [0.2, 0.25) is 5.91 Å². The molecular weight excluding hydrogens is 192 g/mol. The molecule has 0 aliphatic carbocycles. The second-order valence-corrected chi connectivity index (χ2v) is 3.63. The fraction of sp³-hybridized carbons (Fsp3) is 0.364. The van der Waals surface area contributed by atoms with Gasteiger partial charge in [0, 0.05) is 17.8 Å². The van der Waals surface area contributed by atoms with E-state index in [1.54, 1.807) is 18.2 Å². The number of phenols is 1. The number of nitrogens with one attached hydrogen (secondary N) is 2. The number of hydrogen-bond acceptors (Lipinski definition) is 3. The van der Waals surface area contributed by atoms with Crippen molar-refractivity contribution in [1.29, 1.82) is 0 Å². The molecule has 4 heteroatoms. The number of carbonyl (C=O) groups is 1. The Labute approximate surface area is 89.3 Å². The van der Waals surface area contributed by atoms with E-state index in [-0.39, 0.29) is 24.2 Å². The highest BCUT2D eigenvalue weighted by Gasteiger charge is 2.02. The summed E-state index contributed by atoms with van der Waals surface area (Å²) in [5.41, 5.74) is 0.602. The Kier molecular flexibility index (Phi) is 4.12. The van der Waals surface area contributed by atoms with Crippen LogP contribution < -0.4 is 10.6 Å². The summed E-state index contributed by atoms with van der Waals surface area (Å²) in [7, 11) is 0. The summed E-state index contributed by atoms with van der Waals surface area (Å²) < 4.78 is 0. The standard InChI is InChI=1S/C11H16N2O2/c1-8(2)12-7-11(15)13-9-4-3-5-10(14)6-9/h3-6,8,12,14H,7H2,1-2H3,(H,13,15). The first-order valence-electron chi connectivity index (χ1n) is 4.90. The number of carbonyl (C=O) groups excluding carboxylic acids is 1. The van der Waals surface area contributed by atoms with Gasteiger partial charge in [0.05, 0.1) is 6.54 Å². The third-order valence-electron chi connectivity index (χ3n) is 1.80. The van der Waals surface area contributed by atoms with Crippen LogP contribution in [0.3, 0.4) is 0 Å². The van der Waals surface area contributed by atoms with Gasteiger partial charge in [0.1, 0.15) is 5.75 Å². The highest BCUT2D eigenvalue weighted by Crippen LogP contribution is 2.14. The molecule has 0 bridgehead atoms. The maximum atomic E-state index is 11.4. The third kappa shape index (κ3) is 4.46. The highest BCUT2D eigenvalue weighted by atomic mass is 16.3. The van der Waals surface area contributed by atoms with Crippen molar-refractivity contribution in [2.75, 3.05) is 11.9 Å². The second kappa shape index (κ2) is 5.36. The summed E-state index contributed by atoms with van der Waals surface area (Å²) >= 11 is 0. The molecule has 0 saturated heterocycles. The summed E-state index contributed by atoms with van der Waals surface area (Å²) in [4.78, 5) is 11.4. The van der Waals surface area contributed by atoms with Crippen molar-refractivity contribution in [3.05, 3.63) is 24.3 Å². The van der Waals surface area contributed by atoms with Gasteiger partial charge in [-0.25, -0.2) is 0 Å². The number of amides is 1. The van der Waals surface area contributed by atoms with Gasteiger partial charge in [-0.3, -0.25) is 4.79 Å². The van der Waals surface area contributed by atoms with E-state index in [1.165, 1.54) is 6.07 Å². The van der Waals surface area contributed by atoms with Crippen LogP contribution in [-0.4, -0.2) is 23.6 Å². The van der Waals surface area contributed by atoms with Crippen molar-refractivity contribution in [3.8, 4) is 5.75 Å². The zero-order valence-corrected chi connectivity index (χ0v) is 8.95. The highest BCUT2D eigenvalue weighted by molar-refractivity contribution is 5.92. The van der Waals surface area contributed by atoms with Crippen LogP contribution in [0.25, 0.3) is 0 Å². The maximum absolute atomic E-state index is 11.4. The summed E-state index contributed by atoms with van der Waals surface area (Å²) in [6.45, 7) is 4.22. The average Bonchev–Trinajstić information content (AvgIpc) is 2.15. The molecule has 1 rings (SSSR count). The molecule has 0 radical (unpaired) electrons. The summed E-state index contributed by atoms with van der Waals surface area (Å²) in [5.74, 6) is 0.0268. The molecule has 0 aromatic heterocycles. The van der Waals surface area contributed by atoms with E-state index < -0.39 is 0 Å². The molecule has 0 aliphatic heterocycles. The number of anilines is 1. The van der Waals surface area contributed by atoms with Crippen molar-refractivity contribution >= 4 is 11.6 Å². The first kappa shape index (κ1) is 11.5. The Morgan fingerprint density at radius 1 is 1.47 bits per heavy atom. The molecule has 0 spiro atoms. The Balaban J connectivity index is 2.44. The first-order chi connectivity index (χ1) is 7.08. The molecule has 0 unspecified atom stereocenters. The molecule has 4 nitrogen and oxygen atoms in total. The van der Waals surface area contributed by atoms with Gasteiger partial charge in [-0.1, -0.05) is 19.9 Å². The number of phenolic OH excluding ortho intramolecular Hbond substituents is 1. The minimum absolute atomic E-state index is 0.116. The predicted molar refractivity (Wildman–Crippen MR) is 59.9 cm³/mol. The van der Waals surface area contributed by atoms with Crippen LogP contribution >= 0.6 is 0 Å². The van der Waals surface area contributed by atoms with Crippen LogP contribution in [0.4, 0.5) is 5.69 Å². The van der Waals surface area contributed by atoms with E-state index in [1.807, 2.05) is 13.8 Å². The second-order valence-electron chi connectivity index (χ2n) is 3.63. The molecule has 0 aliphatic rings. The van der Waals surface area contributed by atoms with Gasteiger partial charge < -0.3 is 15.7 Å². The largest absolute Gasteiger partial charge is 0.508 e. The first-order valence-corrected chi connectivity index (χ1v) is 4.90. The molecule has 1 aromatic carbocycles. The molecule has 0 atom stereocenters. The maximum Gasteiger partial charge on any atom is 0.238 e. The monoisotopic (exact) mass is 208 g/mol. The van der Waals surface area contributed by atoms with Gasteiger partial charge in [-0.15, -0.1) is 0 Å². The van der Waals surface area contributed by atoms with Crippen molar-refractivity contribution in [1.82, 2.24) is 5.32 Å². The summed E-state index contributed by atoms with van der Waals surface area (Å²) in [6, 6.07) is 6.75. The SMILES string of the molecule is CC(C)NCC(=O)Nc1cccc(O)c1. The fourth-order valence-electron chi connectivity index (χ4n) is 1.09.